The number of amides is 1. The Morgan fingerprint density at radius 1 is 1.37 bits per heavy atom. The van der Waals surface area contributed by atoms with Crippen LogP contribution >= 0.6 is 0 Å². The summed E-state index contributed by atoms with van der Waals surface area (Å²) in [5, 5.41) is 11.6. The van der Waals surface area contributed by atoms with Crippen LogP contribution in [-0.2, 0) is 9.53 Å². The first-order valence-corrected chi connectivity index (χ1v) is 5.88. The molecule has 0 aromatic heterocycles. The molecule has 1 rings (SSSR count). The fraction of sp³-hybridized carbons (Fsp3) is 0.357. The van der Waals surface area contributed by atoms with Gasteiger partial charge in [0, 0.05) is 18.7 Å². The highest BCUT2D eigenvalue weighted by Crippen LogP contribution is 2.09. The van der Waals surface area contributed by atoms with Crippen LogP contribution in [0.1, 0.15) is 17.3 Å². The summed E-state index contributed by atoms with van der Waals surface area (Å²) >= 11 is 0. The van der Waals surface area contributed by atoms with Gasteiger partial charge in [-0.25, -0.2) is 0 Å². The summed E-state index contributed by atoms with van der Waals surface area (Å²) in [7, 11) is 1.51. The zero-order valence-corrected chi connectivity index (χ0v) is 10.9. The minimum Gasteiger partial charge on any atom is -0.383 e. The number of carbonyl (C=O) groups excluding carboxylic acids is 2. The lowest BCUT2D eigenvalue weighted by Crippen LogP contribution is -2.41. The molecule has 0 unspecified atom stereocenters. The molecule has 0 aliphatic carbocycles. The summed E-state index contributed by atoms with van der Waals surface area (Å²) in [6.07, 6.45) is 0. The summed E-state index contributed by atoms with van der Waals surface area (Å²) in [5.41, 5.74) is 0.351. The molecule has 2 atom stereocenters. The number of ketones is 1. The van der Waals surface area contributed by atoms with Crippen LogP contribution in [0.2, 0.25) is 0 Å². The Morgan fingerprint density at radius 2 is 2.00 bits per heavy atom. The van der Waals surface area contributed by atoms with Gasteiger partial charge < -0.3 is 10.1 Å². The van der Waals surface area contributed by atoms with E-state index in [1.165, 1.54) is 7.11 Å². The third-order valence-electron chi connectivity index (χ3n) is 2.52. The summed E-state index contributed by atoms with van der Waals surface area (Å²) in [6.45, 7) is 2.06. The van der Waals surface area contributed by atoms with Gasteiger partial charge in [-0.1, -0.05) is 30.3 Å². The standard InChI is InChI=1S/C14H16N2O3/c1-10(9-19-2)16-14(18)12(8-15)13(17)11-6-4-3-5-7-11/h3-7,10,12H,9H2,1-2H3,(H,16,18)/t10-,12+/m0/s1. The Bertz CT molecular complexity index is 479. The average Bonchev–Trinajstić information content (AvgIpc) is 2.40. The molecule has 0 radical (unpaired) electrons. The van der Waals surface area contributed by atoms with E-state index in [2.05, 4.69) is 5.32 Å². The zero-order chi connectivity index (χ0) is 14.3. The molecule has 1 amide bonds. The maximum absolute atomic E-state index is 12.0. The van der Waals surface area contributed by atoms with Crippen LogP contribution < -0.4 is 5.32 Å². The number of ether oxygens (including phenoxy) is 1. The SMILES string of the molecule is COC[C@H](C)NC(=O)[C@H](C#N)C(=O)c1ccccc1. The highest BCUT2D eigenvalue weighted by Gasteiger charge is 2.28. The van der Waals surface area contributed by atoms with Gasteiger partial charge in [-0.05, 0) is 6.92 Å². The zero-order valence-electron chi connectivity index (χ0n) is 10.9. The number of carbonyl (C=O) groups is 2. The van der Waals surface area contributed by atoms with Gasteiger partial charge in [0.1, 0.15) is 0 Å². The fourth-order valence-corrected chi connectivity index (χ4v) is 1.62. The second-order valence-corrected chi connectivity index (χ2v) is 4.16. The summed E-state index contributed by atoms with van der Waals surface area (Å²) in [5.74, 6) is -2.42. The van der Waals surface area contributed by atoms with Crippen LogP contribution in [0.3, 0.4) is 0 Å². The lowest BCUT2D eigenvalue weighted by molar-refractivity contribution is -0.123. The van der Waals surface area contributed by atoms with E-state index in [1.54, 1.807) is 43.3 Å². The first-order chi connectivity index (χ1) is 9.10. The Hall–Kier alpha value is -2.19. The van der Waals surface area contributed by atoms with Crippen molar-refractivity contribution in [1.82, 2.24) is 5.32 Å². The number of nitrogens with zero attached hydrogens (tertiary/aromatic N) is 1. The van der Waals surface area contributed by atoms with E-state index in [4.69, 9.17) is 10.00 Å². The van der Waals surface area contributed by atoms with Crippen molar-refractivity contribution < 1.29 is 14.3 Å². The lowest BCUT2D eigenvalue weighted by Gasteiger charge is -2.15. The minimum absolute atomic E-state index is 0.253. The van der Waals surface area contributed by atoms with E-state index in [0.717, 1.165) is 0 Å². The summed E-state index contributed by atoms with van der Waals surface area (Å²) in [4.78, 5) is 23.9. The van der Waals surface area contributed by atoms with Gasteiger partial charge in [0.25, 0.3) is 0 Å². The number of hydrogen-bond acceptors (Lipinski definition) is 4. The number of nitrogens with one attached hydrogen (secondary N) is 1. The number of benzene rings is 1. The molecule has 0 aliphatic rings. The second kappa shape index (κ2) is 7.29. The lowest BCUT2D eigenvalue weighted by atomic mass is 9.98. The highest BCUT2D eigenvalue weighted by molar-refractivity contribution is 6.12. The number of nitriles is 1. The number of methoxy groups -OCH3 is 1. The van der Waals surface area contributed by atoms with Crippen molar-refractivity contribution >= 4 is 11.7 Å². The van der Waals surface area contributed by atoms with Crippen LogP contribution in [0, 0.1) is 17.2 Å². The molecule has 5 heteroatoms. The van der Waals surface area contributed by atoms with Crippen LogP contribution in [0.5, 0.6) is 0 Å². The smallest absolute Gasteiger partial charge is 0.245 e. The predicted molar refractivity (Wildman–Crippen MR) is 69.4 cm³/mol. The van der Waals surface area contributed by atoms with E-state index in [9.17, 15) is 9.59 Å². The first kappa shape index (κ1) is 14.9. The van der Waals surface area contributed by atoms with Gasteiger partial charge in [0.2, 0.25) is 5.91 Å². The largest absolute Gasteiger partial charge is 0.383 e. The maximum Gasteiger partial charge on any atom is 0.245 e. The molecule has 1 aromatic carbocycles. The Kier molecular flexibility index (Phi) is 5.71. The molecule has 0 aliphatic heterocycles. The fourth-order valence-electron chi connectivity index (χ4n) is 1.62. The van der Waals surface area contributed by atoms with E-state index >= 15 is 0 Å². The van der Waals surface area contributed by atoms with Crippen LogP contribution in [-0.4, -0.2) is 31.4 Å². The van der Waals surface area contributed by atoms with E-state index in [0.29, 0.717) is 12.2 Å². The minimum atomic E-state index is -1.33. The molecule has 19 heavy (non-hydrogen) atoms. The summed E-state index contributed by atoms with van der Waals surface area (Å²) in [6, 6.07) is 9.79. The van der Waals surface area contributed by atoms with Crippen LogP contribution in [0.25, 0.3) is 0 Å². The summed E-state index contributed by atoms with van der Waals surface area (Å²) < 4.78 is 4.88. The average molecular weight is 260 g/mol. The monoisotopic (exact) mass is 260 g/mol. The molecule has 0 spiro atoms. The van der Waals surface area contributed by atoms with Gasteiger partial charge in [-0.2, -0.15) is 5.26 Å². The van der Waals surface area contributed by atoms with Crippen molar-refractivity contribution in [3.8, 4) is 6.07 Å². The molecule has 0 heterocycles. The van der Waals surface area contributed by atoms with Gasteiger partial charge in [-0.15, -0.1) is 0 Å². The topological polar surface area (TPSA) is 79.2 Å². The number of rotatable bonds is 6. The van der Waals surface area contributed by atoms with Crippen molar-refractivity contribution in [2.45, 2.75) is 13.0 Å². The van der Waals surface area contributed by atoms with Crippen molar-refractivity contribution in [3.05, 3.63) is 35.9 Å². The Labute approximate surface area is 112 Å². The maximum atomic E-state index is 12.0. The van der Waals surface area contributed by atoms with Gasteiger partial charge in [0.05, 0.1) is 12.7 Å². The molecular formula is C14H16N2O3. The Balaban J connectivity index is 2.76. The van der Waals surface area contributed by atoms with Crippen LogP contribution in [0.4, 0.5) is 0 Å². The van der Waals surface area contributed by atoms with Crippen molar-refractivity contribution in [2.75, 3.05) is 13.7 Å². The first-order valence-electron chi connectivity index (χ1n) is 5.88. The Morgan fingerprint density at radius 3 is 2.53 bits per heavy atom. The van der Waals surface area contributed by atoms with Gasteiger partial charge >= 0.3 is 0 Å². The predicted octanol–water partition coefficient (Wildman–Crippen LogP) is 1.16. The van der Waals surface area contributed by atoms with Crippen molar-refractivity contribution in [3.63, 3.8) is 0 Å². The molecule has 1 N–H and O–H groups in total. The molecule has 1 aromatic rings. The molecule has 0 fully saturated rings. The molecule has 0 bridgehead atoms. The van der Waals surface area contributed by atoms with E-state index < -0.39 is 17.6 Å². The van der Waals surface area contributed by atoms with Crippen molar-refractivity contribution in [2.24, 2.45) is 5.92 Å². The van der Waals surface area contributed by atoms with E-state index in [-0.39, 0.29) is 6.04 Å². The third-order valence-corrected chi connectivity index (χ3v) is 2.52. The molecule has 0 saturated heterocycles. The molecule has 100 valence electrons. The van der Waals surface area contributed by atoms with Crippen LogP contribution in [0.15, 0.2) is 30.3 Å². The quantitative estimate of drug-likeness (QED) is 0.615. The molecular weight excluding hydrogens is 244 g/mol. The van der Waals surface area contributed by atoms with Gasteiger partial charge in [-0.3, -0.25) is 9.59 Å². The normalized spacial score (nSPS) is 13.1. The highest BCUT2D eigenvalue weighted by atomic mass is 16.5. The number of hydrogen-bond donors (Lipinski definition) is 1. The van der Waals surface area contributed by atoms with E-state index in [1.807, 2.05) is 0 Å². The van der Waals surface area contributed by atoms with Gasteiger partial charge in [0.15, 0.2) is 11.7 Å². The van der Waals surface area contributed by atoms with Crippen molar-refractivity contribution in [1.29, 1.82) is 5.26 Å². The number of Topliss-reactive ketones (excluding diaryl/α,β-unsaturated/α-hetero) is 1. The third kappa shape index (κ3) is 4.19. The second-order valence-electron chi connectivity index (χ2n) is 4.16. The molecule has 0 saturated carbocycles. The molecule has 5 nitrogen and oxygen atoms in total.